The number of hydrogen-bond donors (Lipinski definition) is 2. The van der Waals surface area contributed by atoms with Gasteiger partial charge in [0.15, 0.2) is 0 Å². The van der Waals surface area contributed by atoms with Gasteiger partial charge in [0.25, 0.3) is 0 Å². The molecule has 1 aliphatic rings. The molecule has 0 spiro atoms. The van der Waals surface area contributed by atoms with Gasteiger partial charge in [-0.05, 0) is 69.9 Å². The van der Waals surface area contributed by atoms with Crippen molar-refractivity contribution in [1.29, 1.82) is 0 Å². The van der Waals surface area contributed by atoms with Crippen molar-refractivity contribution >= 4 is 0 Å². The molecule has 2 unspecified atom stereocenters. The van der Waals surface area contributed by atoms with Gasteiger partial charge in [-0.3, -0.25) is 4.90 Å². The van der Waals surface area contributed by atoms with Crippen LogP contribution in [-0.4, -0.2) is 42.3 Å². The third-order valence-corrected chi connectivity index (χ3v) is 4.42. The van der Waals surface area contributed by atoms with E-state index in [-0.39, 0.29) is 12.6 Å². The van der Waals surface area contributed by atoms with Crippen LogP contribution in [-0.2, 0) is 0 Å². The van der Waals surface area contributed by atoms with E-state index in [0.717, 1.165) is 45.0 Å². The van der Waals surface area contributed by atoms with Crippen LogP contribution in [0.4, 0.5) is 8.78 Å². The zero-order valence-corrected chi connectivity index (χ0v) is 13.2. The summed E-state index contributed by atoms with van der Waals surface area (Å²) >= 11 is 0. The maximum atomic E-state index is 13.2. The second-order valence-corrected chi connectivity index (χ2v) is 6.10. The van der Waals surface area contributed by atoms with Crippen LogP contribution in [0.1, 0.15) is 44.2 Å². The average Bonchev–Trinajstić information content (AvgIpc) is 2.93. The minimum Gasteiger partial charge on any atom is -0.395 e. The van der Waals surface area contributed by atoms with Crippen molar-refractivity contribution < 1.29 is 13.9 Å². The van der Waals surface area contributed by atoms with Gasteiger partial charge in [0.1, 0.15) is 11.6 Å². The van der Waals surface area contributed by atoms with E-state index in [0.29, 0.717) is 11.6 Å². The number of likely N-dealkylation sites (tertiary alicyclic amines) is 1. The molecule has 2 atom stereocenters. The summed E-state index contributed by atoms with van der Waals surface area (Å²) in [6, 6.07) is 3.90. The third kappa shape index (κ3) is 5.00. The van der Waals surface area contributed by atoms with E-state index in [2.05, 4.69) is 10.2 Å². The Morgan fingerprint density at radius 1 is 1.27 bits per heavy atom. The van der Waals surface area contributed by atoms with E-state index in [1.54, 1.807) is 0 Å². The van der Waals surface area contributed by atoms with Crippen LogP contribution in [0.5, 0.6) is 0 Å². The monoisotopic (exact) mass is 312 g/mol. The molecule has 1 aromatic carbocycles. The van der Waals surface area contributed by atoms with E-state index in [1.165, 1.54) is 18.6 Å². The number of aliphatic hydroxyl groups excluding tert-OH is 1. The summed E-state index contributed by atoms with van der Waals surface area (Å²) in [7, 11) is 0. The Morgan fingerprint density at radius 2 is 2.00 bits per heavy atom. The molecule has 1 saturated heterocycles. The lowest BCUT2D eigenvalue weighted by Gasteiger charge is -2.22. The molecular weight excluding hydrogens is 286 g/mol. The molecule has 2 rings (SSSR count). The zero-order valence-electron chi connectivity index (χ0n) is 13.2. The van der Waals surface area contributed by atoms with Crippen molar-refractivity contribution in [3.63, 3.8) is 0 Å². The molecule has 2 N–H and O–H groups in total. The summed E-state index contributed by atoms with van der Waals surface area (Å²) in [6.45, 7) is 5.07. The first-order valence-corrected chi connectivity index (χ1v) is 8.14. The van der Waals surface area contributed by atoms with Gasteiger partial charge in [-0.2, -0.15) is 0 Å². The minimum atomic E-state index is -0.535. The summed E-state index contributed by atoms with van der Waals surface area (Å²) in [5.41, 5.74) is 0.636. The van der Waals surface area contributed by atoms with E-state index in [4.69, 9.17) is 0 Å². The molecule has 0 radical (unpaired) electrons. The molecule has 124 valence electrons. The molecule has 0 amide bonds. The van der Waals surface area contributed by atoms with Crippen molar-refractivity contribution in [2.45, 2.75) is 44.7 Å². The summed E-state index contributed by atoms with van der Waals surface area (Å²) in [4.78, 5) is 2.35. The molecule has 22 heavy (non-hydrogen) atoms. The lowest BCUT2D eigenvalue weighted by Crippen LogP contribution is -2.33. The van der Waals surface area contributed by atoms with Crippen LogP contribution in [0.3, 0.4) is 0 Å². The summed E-state index contributed by atoms with van der Waals surface area (Å²) in [6.07, 6.45) is 4.34. The lowest BCUT2D eigenvalue weighted by molar-refractivity contribution is 0.157. The molecule has 0 aliphatic carbocycles. The number of nitrogens with zero attached hydrogens (tertiary/aromatic N) is 1. The van der Waals surface area contributed by atoms with E-state index in [1.807, 2.05) is 6.92 Å². The fourth-order valence-electron chi connectivity index (χ4n) is 3.10. The number of halogens is 2. The van der Waals surface area contributed by atoms with Gasteiger partial charge in [-0.1, -0.05) is 0 Å². The number of unbranched alkanes of at least 4 members (excludes halogenated alkanes) is 1. The number of aliphatic hydroxyl groups is 1. The van der Waals surface area contributed by atoms with Crippen molar-refractivity contribution in [1.82, 2.24) is 10.2 Å². The van der Waals surface area contributed by atoms with Gasteiger partial charge in [-0.25, -0.2) is 8.78 Å². The summed E-state index contributed by atoms with van der Waals surface area (Å²) in [5, 5.41) is 12.6. The van der Waals surface area contributed by atoms with E-state index in [9.17, 15) is 13.9 Å². The van der Waals surface area contributed by atoms with Gasteiger partial charge >= 0.3 is 0 Å². The van der Waals surface area contributed by atoms with Crippen molar-refractivity contribution in [3.05, 3.63) is 35.4 Å². The molecule has 3 nitrogen and oxygen atoms in total. The maximum absolute atomic E-state index is 13.2. The first-order valence-electron chi connectivity index (χ1n) is 8.14. The number of hydrogen-bond acceptors (Lipinski definition) is 3. The van der Waals surface area contributed by atoms with Crippen molar-refractivity contribution in [2.24, 2.45) is 0 Å². The standard InChI is InChI=1S/C17H26F2N2O/c1-13(14-9-15(18)11-16(19)10-14)20-6-2-3-7-21-8-4-5-17(21)12-22/h9-11,13,17,20,22H,2-8,12H2,1H3. The molecule has 0 saturated carbocycles. The molecule has 1 aliphatic heterocycles. The normalized spacial score (nSPS) is 20.5. The highest BCUT2D eigenvalue weighted by atomic mass is 19.1. The Balaban J connectivity index is 1.66. The Hall–Kier alpha value is -1.04. The Bertz CT molecular complexity index is 450. The number of nitrogens with one attached hydrogen (secondary N) is 1. The summed E-state index contributed by atoms with van der Waals surface area (Å²) < 4.78 is 26.4. The molecule has 1 aromatic rings. The van der Waals surface area contributed by atoms with Gasteiger partial charge in [-0.15, -0.1) is 0 Å². The first-order chi connectivity index (χ1) is 10.6. The highest BCUT2D eigenvalue weighted by Crippen LogP contribution is 2.18. The quantitative estimate of drug-likeness (QED) is 0.725. The number of rotatable bonds is 8. The maximum Gasteiger partial charge on any atom is 0.126 e. The second-order valence-electron chi connectivity index (χ2n) is 6.10. The zero-order chi connectivity index (χ0) is 15.9. The second kappa shape index (κ2) is 8.56. The van der Waals surface area contributed by atoms with E-state index < -0.39 is 11.6 Å². The SMILES string of the molecule is CC(NCCCCN1CCCC1CO)c1cc(F)cc(F)c1. The van der Waals surface area contributed by atoms with Crippen LogP contribution >= 0.6 is 0 Å². The first kappa shape index (κ1) is 17.3. The predicted molar refractivity (Wildman–Crippen MR) is 83.7 cm³/mol. The lowest BCUT2D eigenvalue weighted by atomic mass is 10.1. The molecule has 5 heteroatoms. The Kier molecular flexibility index (Phi) is 6.73. The van der Waals surface area contributed by atoms with Crippen LogP contribution in [0.25, 0.3) is 0 Å². The fourth-order valence-corrected chi connectivity index (χ4v) is 3.10. The van der Waals surface area contributed by atoms with Gasteiger partial charge in [0.2, 0.25) is 0 Å². The fraction of sp³-hybridized carbons (Fsp3) is 0.647. The van der Waals surface area contributed by atoms with Crippen LogP contribution in [0.2, 0.25) is 0 Å². The topological polar surface area (TPSA) is 35.5 Å². The van der Waals surface area contributed by atoms with Crippen molar-refractivity contribution in [2.75, 3.05) is 26.2 Å². The summed E-state index contributed by atoms with van der Waals surface area (Å²) in [5.74, 6) is -1.07. The average molecular weight is 312 g/mol. The van der Waals surface area contributed by atoms with Crippen LogP contribution < -0.4 is 5.32 Å². The molecular formula is C17H26F2N2O. The van der Waals surface area contributed by atoms with Gasteiger partial charge in [0.05, 0.1) is 6.61 Å². The minimum absolute atomic E-state index is 0.0674. The smallest absolute Gasteiger partial charge is 0.126 e. The van der Waals surface area contributed by atoms with Gasteiger partial charge < -0.3 is 10.4 Å². The van der Waals surface area contributed by atoms with Crippen LogP contribution in [0, 0.1) is 11.6 Å². The Labute approximate surface area is 131 Å². The van der Waals surface area contributed by atoms with Crippen LogP contribution in [0.15, 0.2) is 18.2 Å². The number of benzene rings is 1. The largest absolute Gasteiger partial charge is 0.395 e. The highest BCUT2D eigenvalue weighted by molar-refractivity contribution is 5.20. The molecule has 1 fully saturated rings. The predicted octanol–water partition coefficient (Wildman–Crippen LogP) is 2.85. The molecule has 0 aromatic heterocycles. The van der Waals surface area contributed by atoms with E-state index >= 15 is 0 Å². The molecule has 1 heterocycles. The van der Waals surface area contributed by atoms with Crippen molar-refractivity contribution in [3.8, 4) is 0 Å². The molecule has 0 bridgehead atoms. The van der Waals surface area contributed by atoms with Gasteiger partial charge in [0, 0.05) is 18.2 Å². The Morgan fingerprint density at radius 3 is 2.68 bits per heavy atom. The third-order valence-electron chi connectivity index (χ3n) is 4.42. The highest BCUT2D eigenvalue weighted by Gasteiger charge is 2.22.